The van der Waals surface area contributed by atoms with Crippen molar-refractivity contribution in [2.45, 2.75) is 31.8 Å². The van der Waals surface area contributed by atoms with Crippen molar-refractivity contribution in [3.63, 3.8) is 0 Å². The SMILES string of the molecule is O=C(Nc1ccn(Cc2ccncc2)n1)[C@H]1CCCCN1. The smallest absolute Gasteiger partial charge is 0.242 e. The van der Waals surface area contributed by atoms with Gasteiger partial charge in [0.05, 0.1) is 12.6 Å². The Bertz CT molecular complexity index is 589. The van der Waals surface area contributed by atoms with E-state index in [9.17, 15) is 4.79 Å². The minimum absolute atomic E-state index is 0.00358. The van der Waals surface area contributed by atoms with E-state index in [2.05, 4.69) is 20.7 Å². The molecule has 2 aromatic rings. The van der Waals surface area contributed by atoms with Gasteiger partial charge in [0, 0.05) is 24.7 Å². The van der Waals surface area contributed by atoms with E-state index in [0.29, 0.717) is 12.4 Å². The molecule has 6 heteroatoms. The number of hydrogen-bond acceptors (Lipinski definition) is 4. The standard InChI is InChI=1S/C15H19N5O/c21-15(13-3-1-2-7-17-13)18-14-6-10-20(19-14)11-12-4-8-16-9-5-12/h4-6,8-10,13,17H,1-3,7,11H2,(H,18,19,21)/t13-/m1/s1. The van der Waals surface area contributed by atoms with Crippen LogP contribution in [0.1, 0.15) is 24.8 Å². The summed E-state index contributed by atoms with van der Waals surface area (Å²) in [4.78, 5) is 16.1. The molecule has 6 nitrogen and oxygen atoms in total. The van der Waals surface area contributed by atoms with Crippen molar-refractivity contribution in [2.75, 3.05) is 11.9 Å². The van der Waals surface area contributed by atoms with Crippen LogP contribution in [0.3, 0.4) is 0 Å². The molecule has 0 spiro atoms. The molecule has 110 valence electrons. The number of nitrogens with zero attached hydrogens (tertiary/aromatic N) is 3. The topological polar surface area (TPSA) is 71.8 Å². The van der Waals surface area contributed by atoms with Crippen molar-refractivity contribution in [1.82, 2.24) is 20.1 Å². The molecule has 1 fully saturated rings. The van der Waals surface area contributed by atoms with Crippen LogP contribution in [-0.4, -0.2) is 33.3 Å². The zero-order chi connectivity index (χ0) is 14.5. The van der Waals surface area contributed by atoms with Crippen LogP contribution in [-0.2, 0) is 11.3 Å². The van der Waals surface area contributed by atoms with Crippen molar-refractivity contribution >= 4 is 11.7 Å². The Morgan fingerprint density at radius 2 is 2.19 bits per heavy atom. The lowest BCUT2D eigenvalue weighted by molar-refractivity contribution is -0.118. The number of pyridine rings is 1. The first-order valence-corrected chi connectivity index (χ1v) is 7.28. The normalized spacial score (nSPS) is 18.4. The van der Waals surface area contributed by atoms with E-state index in [1.54, 1.807) is 17.1 Å². The molecule has 0 bridgehead atoms. The minimum atomic E-state index is -0.0934. The van der Waals surface area contributed by atoms with Crippen LogP contribution in [0.5, 0.6) is 0 Å². The highest BCUT2D eigenvalue weighted by Crippen LogP contribution is 2.10. The Balaban J connectivity index is 1.58. The molecule has 3 heterocycles. The summed E-state index contributed by atoms with van der Waals surface area (Å²) in [7, 11) is 0. The zero-order valence-electron chi connectivity index (χ0n) is 11.8. The number of aromatic nitrogens is 3. The fraction of sp³-hybridized carbons (Fsp3) is 0.400. The van der Waals surface area contributed by atoms with E-state index in [1.165, 1.54) is 0 Å². The lowest BCUT2D eigenvalue weighted by Gasteiger charge is -2.21. The number of hydrogen-bond donors (Lipinski definition) is 2. The number of carbonyl (C=O) groups excluding carboxylic acids is 1. The number of amides is 1. The minimum Gasteiger partial charge on any atom is -0.308 e. The van der Waals surface area contributed by atoms with Gasteiger partial charge in [0.1, 0.15) is 0 Å². The summed E-state index contributed by atoms with van der Waals surface area (Å²) < 4.78 is 1.80. The predicted octanol–water partition coefficient (Wildman–Crippen LogP) is 1.41. The number of rotatable bonds is 4. The average molecular weight is 285 g/mol. The Morgan fingerprint density at radius 1 is 1.33 bits per heavy atom. The third-order valence-corrected chi connectivity index (χ3v) is 3.61. The van der Waals surface area contributed by atoms with Crippen LogP contribution >= 0.6 is 0 Å². The Kier molecular flexibility index (Phi) is 4.25. The van der Waals surface area contributed by atoms with Crippen molar-refractivity contribution in [2.24, 2.45) is 0 Å². The van der Waals surface area contributed by atoms with E-state index >= 15 is 0 Å². The van der Waals surface area contributed by atoms with Gasteiger partial charge in [-0.2, -0.15) is 5.10 Å². The second-order valence-corrected chi connectivity index (χ2v) is 5.25. The largest absolute Gasteiger partial charge is 0.308 e. The molecule has 1 atom stereocenters. The number of carbonyl (C=O) groups is 1. The number of nitrogens with one attached hydrogen (secondary N) is 2. The lowest BCUT2D eigenvalue weighted by Crippen LogP contribution is -2.43. The molecule has 0 aromatic carbocycles. The monoisotopic (exact) mass is 285 g/mol. The summed E-state index contributed by atoms with van der Waals surface area (Å²) in [5, 5.41) is 10.5. The van der Waals surface area contributed by atoms with Crippen LogP contribution in [0.25, 0.3) is 0 Å². The van der Waals surface area contributed by atoms with E-state index in [-0.39, 0.29) is 11.9 Å². The van der Waals surface area contributed by atoms with E-state index in [4.69, 9.17) is 0 Å². The summed E-state index contributed by atoms with van der Waals surface area (Å²) >= 11 is 0. The molecular formula is C15H19N5O. The van der Waals surface area contributed by atoms with E-state index < -0.39 is 0 Å². The van der Waals surface area contributed by atoms with Gasteiger partial charge in [-0.15, -0.1) is 0 Å². The van der Waals surface area contributed by atoms with Gasteiger partial charge in [0.15, 0.2) is 5.82 Å². The Morgan fingerprint density at radius 3 is 2.95 bits per heavy atom. The first-order valence-electron chi connectivity index (χ1n) is 7.28. The lowest BCUT2D eigenvalue weighted by atomic mass is 10.0. The van der Waals surface area contributed by atoms with Gasteiger partial charge in [0.25, 0.3) is 0 Å². The third kappa shape index (κ3) is 3.66. The molecule has 2 N–H and O–H groups in total. The Hall–Kier alpha value is -2.21. The predicted molar refractivity (Wildman–Crippen MR) is 79.8 cm³/mol. The summed E-state index contributed by atoms with van der Waals surface area (Å²) in [6.45, 7) is 1.58. The van der Waals surface area contributed by atoms with Crippen molar-refractivity contribution in [3.8, 4) is 0 Å². The first kappa shape index (κ1) is 13.8. The van der Waals surface area contributed by atoms with Gasteiger partial charge in [-0.3, -0.25) is 14.5 Å². The zero-order valence-corrected chi connectivity index (χ0v) is 11.8. The molecule has 21 heavy (non-hydrogen) atoms. The highest BCUT2D eigenvalue weighted by Gasteiger charge is 2.20. The number of anilines is 1. The molecule has 1 amide bonds. The van der Waals surface area contributed by atoms with Crippen LogP contribution < -0.4 is 10.6 Å². The molecule has 1 aliphatic rings. The fourth-order valence-corrected chi connectivity index (χ4v) is 2.48. The summed E-state index contributed by atoms with van der Waals surface area (Å²) in [5.74, 6) is 0.602. The maximum Gasteiger partial charge on any atom is 0.242 e. The highest BCUT2D eigenvalue weighted by molar-refractivity contribution is 5.94. The van der Waals surface area contributed by atoms with Gasteiger partial charge in [-0.1, -0.05) is 6.42 Å². The molecular weight excluding hydrogens is 266 g/mol. The maximum atomic E-state index is 12.1. The van der Waals surface area contributed by atoms with Gasteiger partial charge in [0.2, 0.25) is 5.91 Å². The maximum absolute atomic E-state index is 12.1. The summed E-state index contributed by atoms with van der Waals surface area (Å²) in [5.41, 5.74) is 1.12. The molecule has 3 rings (SSSR count). The number of piperidine rings is 1. The van der Waals surface area contributed by atoms with Gasteiger partial charge in [-0.05, 0) is 37.1 Å². The second-order valence-electron chi connectivity index (χ2n) is 5.25. The average Bonchev–Trinajstić information content (AvgIpc) is 2.96. The van der Waals surface area contributed by atoms with Crippen LogP contribution in [0.4, 0.5) is 5.82 Å². The van der Waals surface area contributed by atoms with Crippen molar-refractivity contribution in [3.05, 3.63) is 42.4 Å². The molecule has 1 saturated heterocycles. The van der Waals surface area contributed by atoms with Crippen LogP contribution in [0.15, 0.2) is 36.8 Å². The summed E-state index contributed by atoms with van der Waals surface area (Å²) in [6, 6.07) is 5.63. The molecule has 2 aromatic heterocycles. The molecule has 0 saturated carbocycles. The summed E-state index contributed by atoms with van der Waals surface area (Å²) in [6.07, 6.45) is 8.52. The van der Waals surface area contributed by atoms with Gasteiger partial charge >= 0.3 is 0 Å². The molecule has 1 aliphatic heterocycles. The van der Waals surface area contributed by atoms with Crippen molar-refractivity contribution < 1.29 is 4.79 Å². The fourth-order valence-electron chi connectivity index (χ4n) is 2.48. The van der Waals surface area contributed by atoms with Crippen LogP contribution in [0.2, 0.25) is 0 Å². The third-order valence-electron chi connectivity index (χ3n) is 3.61. The molecule has 0 radical (unpaired) electrons. The van der Waals surface area contributed by atoms with Crippen molar-refractivity contribution in [1.29, 1.82) is 0 Å². The van der Waals surface area contributed by atoms with E-state index in [1.807, 2.05) is 24.4 Å². The molecule has 0 unspecified atom stereocenters. The second kappa shape index (κ2) is 6.49. The quantitative estimate of drug-likeness (QED) is 0.891. The first-order chi connectivity index (χ1) is 10.3. The van der Waals surface area contributed by atoms with Crippen LogP contribution in [0, 0.1) is 0 Å². The molecule has 0 aliphatic carbocycles. The van der Waals surface area contributed by atoms with E-state index in [0.717, 1.165) is 31.4 Å². The Labute approximate surface area is 123 Å². The van der Waals surface area contributed by atoms with Gasteiger partial charge in [-0.25, -0.2) is 0 Å². The highest BCUT2D eigenvalue weighted by atomic mass is 16.2. The van der Waals surface area contributed by atoms with Gasteiger partial charge < -0.3 is 10.6 Å².